The number of urea groups is 1. The van der Waals surface area contributed by atoms with Crippen molar-refractivity contribution in [3.8, 4) is 11.5 Å². The Kier molecular flexibility index (Phi) is 5.52. The lowest BCUT2D eigenvalue weighted by Gasteiger charge is -2.23. The zero-order valence-corrected chi connectivity index (χ0v) is 17.4. The van der Waals surface area contributed by atoms with Crippen molar-refractivity contribution in [1.29, 1.82) is 0 Å². The number of nitrogens with one attached hydrogen (secondary N) is 1. The van der Waals surface area contributed by atoms with Gasteiger partial charge in [0, 0.05) is 5.39 Å². The second-order valence-electron chi connectivity index (χ2n) is 7.64. The number of rotatable bonds is 7. The predicted molar refractivity (Wildman–Crippen MR) is 116 cm³/mol. The molecule has 1 saturated heterocycles. The first-order valence-electron chi connectivity index (χ1n) is 9.99. The van der Waals surface area contributed by atoms with Crippen LogP contribution in [0.3, 0.4) is 0 Å². The topological polar surface area (TPSA) is 88.1 Å². The van der Waals surface area contributed by atoms with E-state index >= 15 is 0 Å². The second-order valence-corrected chi connectivity index (χ2v) is 7.64. The number of benzene rings is 3. The fourth-order valence-electron chi connectivity index (χ4n) is 3.75. The molecule has 0 radical (unpaired) electrons. The largest absolute Gasteiger partial charge is 0.497 e. The maximum atomic E-state index is 13.0. The number of imide groups is 1. The average molecular weight is 420 g/mol. The monoisotopic (exact) mass is 420 g/mol. The van der Waals surface area contributed by atoms with Gasteiger partial charge >= 0.3 is 6.03 Å². The molecule has 2 atom stereocenters. The third-order valence-corrected chi connectivity index (χ3v) is 5.52. The Hall–Kier alpha value is -3.58. The van der Waals surface area contributed by atoms with Crippen LogP contribution in [0.2, 0.25) is 0 Å². The van der Waals surface area contributed by atoms with E-state index in [1.54, 1.807) is 38.3 Å². The summed E-state index contributed by atoms with van der Waals surface area (Å²) in [5.74, 6) is 0.867. The molecule has 3 amide bonds. The van der Waals surface area contributed by atoms with Crippen LogP contribution >= 0.6 is 0 Å². The van der Waals surface area contributed by atoms with Crippen molar-refractivity contribution in [3.63, 3.8) is 0 Å². The third kappa shape index (κ3) is 3.92. The molecule has 1 heterocycles. The molecule has 0 bridgehead atoms. The summed E-state index contributed by atoms with van der Waals surface area (Å²) in [6, 6.07) is 19.8. The summed E-state index contributed by atoms with van der Waals surface area (Å²) in [7, 11) is 1.56. The number of aliphatic hydroxyl groups is 1. The minimum atomic E-state index is -1.21. The number of carbonyl (C=O) groups excluding carboxylic acids is 2. The van der Waals surface area contributed by atoms with Crippen LogP contribution in [0.1, 0.15) is 12.5 Å². The van der Waals surface area contributed by atoms with Gasteiger partial charge in [-0.25, -0.2) is 4.79 Å². The van der Waals surface area contributed by atoms with Gasteiger partial charge in [0.05, 0.1) is 13.7 Å². The first-order valence-corrected chi connectivity index (χ1v) is 9.99. The van der Waals surface area contributed by atoms with Gasteiger partial charge in [-0.3, -0.25) is 9.69 Å². The minimum absolute atomic E-state index is 0.0513. The molecule has 2 N–H and O–H groups in total. The molecule has 0 aliphatic carbocycles. The zero-order chi connectivity index (χ0) is 22.0. The molecular weight excluding hydrogens is 396 g/mol. The van der Waals surface area contributed by atoms with Crippen LogP contribution in [0.4, 0.5) is 4.79 Å². The standard InChI is InChI=1S/C24H24N2O5/c1-24(17-10-12-19(30-2)13-11-17)22(28)26(23(29)25-24)14-18(27)15-31-21-9-5-7-16-6-3-4-8-20(16)21/h3-13,18,27H,14-15H2,1-2H3,(H,25,29)/t18-,24+/m1/s1. The van der Waals surface area contributed by atoms with E-state index in [2.05, 4.69) is 5.32 Å². The van der Waals surface area contributed by atoms with Crippen molar-refractivity contribution < 1.29 is 24.2 Å². The molecule has 160 valence electrons. The van der Waals surface area contributed by atoms with Gasteiger partial charge in [0.15, 0.2) is 0 Å². The highest BCUT2D eigenvalue weighted by molar-refractivity contribution is 6.07. The summed E-state index contributed by atoms with van der Waals surface area (Å²) < 4.78 is 10.9. The van der Waals surface area contributed by atoms with Gasteiger partial charge in [0.1, 0.15) is 29.7 Å². The third-order valence-electron chi connectivity index (χ3n) is 5.52. The van der Waals surface area contributed by atoms with Crippen LogP contribution in [0, 0.1) is 0 Å². The highest BCUT2D eigenvalue weighted by atomic mass is 16.5. The summed E-state index contributed by atoms with van der Waals surface area (Å²) in [6.45, 7) is 1.43. The average Bonchev–Trinajstić information content (AvgIpc) is 3.01. The molecule has 7 nitrogen and oxygen atoms in total. The number of nitrogens with zero attached hydrogens (tertiary/aromatic N) is 1. The Balaban J connectivity index is 1.43. The highest BCUT2D eigenvalue weighted by Gasteiger charge is 2.49. The highest BCUT2D eigenvalue weighted by Crippen LogP contribution is 2.30. The molecule has 0 spiro atoms. The van der Waals surface area contributed by atoms with Crippen molar-refractivity contribution >= 4 is 22.7 Å². The van der Waals surface area contributed by atoms with Gasteiger partial charge in [-0.1, -0.05) is 48.5 Å². The number of ether oxygens (including phenoxy) is 2. The van der Waals surface area contributed by atoms with Crippen LogP contribution in [-0.4, -0.2) is 48.3 Å². The van der Waals surface area contributed by atoms with Crippen LogP contribution in [0.25, 0.3) is 10.8 Å². The van der Waals surface area contributed by atoms with E-state index in [4.69, 9.17) is 9.47 Å². The molecule has 0 saturated carbocycles. The number of fused-ring (bicyclic) bond motifs is 1. The summed E-state index contributed by atoms with van der Waals surface area (Å²) in [5.41, 5.74) is -0.574. The van der Waals surface area contributed by atoms with E-state index in [1.807, 2.05) is 42.5 Å². The Labute approximate surface area is 180 Å². The molecule has 3 aromatic rings. The normalized spacial score (nSPS) is 19.4. The SMILES string of the molecule is COc1ccc([C@]2(C)NC(=O)N(C[C@@H](O)COc3cccc4ccccc34)C2=O)cc1. The lowest BCUT2D eigenvalue weighted by atomic mass is 9.92. The first-order chi connectivity index (χ1) is 14.9. The van der Waals surface area contributed by atoms with Crippen molar-refractivity contribution in [2.75, 3.05) is 20.3 Å². The van der Waals surface area contributed by atoms with Crippen LogP contribution in [0.15, 0.2) is 66.7 Å². The molecule has 0 unspecified atom stereocenters. The van der Waals surface area contributed by atoms with E-state index in [9.17, 15) is 14.7 Å². The number of β-amino-alcohol motifs (C(OH)–C–C–N with tert-alkyl or cyclic N) is 1. The quantitative estimate of drug-likeness (QED) is 0.574. The number of hydrogen-bond acceptors (Lipinski definition) is 5. The fraction of sp³-hybridized carbons (Fsp3) is 0.250. The predicted octanol–water partition coefficient (Wildman–Crippen LogP) is 3.06. The van der Waals surface area contributed by atoms with Crippen molar-refractivity contribution in [1.82, 2.24) is 10.2 Å². The lowest BCUT2D eigenvalue weighted by Crippen LogP contribution is -2.42. The second kappa shape index (κ2) is 8.28. The van der Waals surface area contributed by atoms with Gasteiger partial charge < -0.3 is 19.9 Å². The van der Waals surface area contributed by atoms with Gasteiger partial charge in [-0.2, -0.15) is 0 Å². The van der Waals surface area contributed by atoms with Gasteiger partial charge in [0.25, 0.3) is 5.91 Å². The molecule has 7 heteroatoms. The number of amides is 3. The van der Waals surface area contributed by atoms with Gasteiger partial charge in [-0.05, 0) is 36.1 Å². The number of aliphatic hydroxyl groups excluding tert-OH is 1. The number of hydrogen-bond donors (Lipinski definition) is 2. The Morgan fingerprint density at radius 3 is 2.48 bits per heavy atom. The maximum Gasteiger partial charge on any atom is 0.325 e. The summed E-state index contributed by atoms with van der Waals surface area (Å²) in [5, 5.41) is 15.2. The van der Waals surface area contributed by atoms with Crippen molar-refractivity contribution in [2.45, 2.75) is 18.6 Å². The van der Waals surface area contributed by atoms with Gasteiger partial charge in [-0.15, -0.1) is 0 Å². The zero-order valence-electron chi connectivity index (χ0n) is 17.4. The lowest BCUT2D eigenvalue weighted by molar-refractivity contribution is -0.132. The van der Waals surface area contributed by atoms with Crippen LogP contribution in [-0.2, 0) is 10.3 Å². The molecule has 0 aromatic heterocycles. The Morgan fingerprint density at radius 1 is 1.03 bits per heavy atom. The first kappa shape index (κ1) is 20.7. The molecule has 4 rings (SSSR count). The molecular formula is C24H24N2O5. The van der Waals surface area contributed by atoms with E-state index in [0.717, 1.165) is 15.7 Å². The molecule has 3 aromatic carbocycles. The molecule has 1 aliphatic rings. The van der Waals surface area contributed by atoms with Crippen LogP contribution in [0.5, 0.6) is 11.5 Å². The molecule has 1 aliphatic heterocycles. The van der Waals surface area contributed by atoms with Gasteiger partial charge in [0.2, 0.25) is 0 Å². The summed E-state index contributed by atoms with van der Waals surface area (Å²) in [6.07, 6.45) is -1.04. The van der Waals surface area contributed by atoms with E-state index < -0.39 is 23.6 Å². The Bertz CT molecular complexity index is 1110. The minimum Gasteiger partial charge on any atom is -0.497 e. The Morgan fingerprint density at radius 2 is 1.74 bits per heavy atom. The maximum absolute atomic E-state index is 13.0. The smallest absolute Gasteiger partial charge is 0.325 e. The molecule has 1 fully saturated rings. The van der Waals surface area contributed by atoms with E-state index in [-0.39, 0.29) is 13.2 Å². The van der Waals surface area contributed by atoms with E-state index in [0.29, 0.717) is 17.1 Å². The van der Waals surface area contributed by atoms with Crippen molar-refractivity contribution in [3.05, 3.63) is 72.3 Å². The molecule has 31 heavy (non-hydrogen) atoms. The summed E-state index contributed by atoms with van der Waals surface area (Å²) >= 11 is 0. The van der Waals surface area contributed by atoms with Crippen LogP contribution < -0.4 is 14.8 Å². The number of methoxy groups -OCH3 is 1. The summed E-state index contributed by atoms with van der Waals surface area (Å²) in [4.78, 5) is 26.6. The number of carbonyl (C=O) groups is 2. The fourth-order valence-corrected chi connectivity index (χ4v) is 3.75. The van der Waals surface area contributed by atoms with Crippen molar-refractivity contribution in [2.24, 2.45) is 0 Å². The van der Waals surface area contributed by atoms with E-state index in [1.165, 1.54) is 0 Å².